The van der Waals surface area contributed by atoms with E-state index < -0.39 is 87.9 Å². The fourth-order valence-electron chi connectivity index (χ4n) is 2.17. The molecular weight excluding hydrogens is 448 g/mol. The van der Waals surface area contributed by atoms with E-state index in [2.05, 4.69) is 28.4 Å². The van der Waals surface area contributed by atoms with E-state index in [1.807, 2.05) is 0 Å². The Morgan fingerprint density at radius 1 is 0.700 bits per heavy atom. The van der Waals surface area contributed by atoms with E-state index in [0.29, 0.717) is 0 Å². The van der Waals surface area contributed by atoms with Gasteiger partial charge in [0.05, 0.1) is 13.2 Å². The van der Waals surface area contributed by atoms with Crippen molar-refractivity contribution >= 4 is 12.3 Å². The van der Waals surface area contributed by atoms with Crippen LogP contribution in [-0.2, 0) is 28.4 Å². The van der Waals surface area contributed by atoms with Crippen LogP contribution in [0.25, 0.3) is 0 Å². The molecule has 0 aromatic heterocycles. The van der Waals surface area contributed by atoms with E-state index in [-0.39, 0.29) is 0 Å². The van der Waals surface area contributed by atoms with Crippen molar-refractivity contribution in [1.82, 2.24) is 0 Å². The Morgan fingerprint density at radius 3 is 1.30 bits per heavy atom. The maximum atomic E-state index is 13.7. The third kappa shape index (κ3) is 4.96. The van der Waals surface area contributed by atoms with Gasteiger partial charge in [0.15, 0.2) is 12.2 Å². The zero-order valence-electron chi connectivity index (χ0n) is 14.7. The second-order valence-corrected chi connectivity index (χ2v) is 6.19. The minimum absolute atomic E-state index is 0.465. The Labute approximate surface area is 162 Å². The average Bonchev–Trinajstić information content (AvgIpc) is 3.22. The Morgan fingerprint density at radius 2 is 1.03 bits per heavy atom. The summed E-state index contributed by atoms with van der Waals surface area (Å²) in [6.07, 6.45) is -4.89. The smallest absolute Gasteiger partial charge is 0.430 e. The van der Waals surface area contributed by atoms with Gasteiger partial charge >= 0.3 is 36.0 Å². The molecule has 0 N–H and O–H groups in total. The van der Waals surface area contributed by atoms with E-state index in [4.69, 9.17) is 0 Å². The second-order valence-electron chi connectivity index (χ2n) is 6.19. The summed E-state index contributed by atoms with van der Waals surface area (Å²) < 4.78 is 135. The molecule has 16 heteroatoms. The fourth-order valence-corrected chi connectivity index (χ4v) is 2.17. The number of rotatable bonds is 11. The number of hydrogen-bond donors (Lipinski definition) is 0. The topological polar surface area (TPSA) is 89.5 Å². The van der Waals surface area contributed by atoms with E-state index in [1.54, 1.807) is 0 Å². The molecule has 30 heavy (non-hydrogen) atoms. The maximum Gasteiger partial charge on any atom is 0.508 e. The van der Waals surface area contributed by atoms with Crippen LogP contribution in [0.15, 0.2) is 0 Å². The Bertz CT molecular complexity index is 589. The summed E-state index contributed by atoms with van der Waals surface area (Å²) >= 11 is 0. The minimum atomic E-state index is -6.56. The van der Waals surface area contributed by atoms with Gasteiger partial charge < -0.3 is 28.4 Å². The summed E-state index contributed by atoms with van der Waals surface area (Å²) in [5, 5.41) is 0. The molecule has 0 aliphatic carbocycles. The normalized spacial score (nSPS) is 23.1. The lowest BCUT2D eigenvalue weighted by Crippen LogP contribution is -2.64. The highest BCUT2D eigenvalue weighted by molar-refractivity contribution is 5.62. The van der Waals surface area contributed by atoms with Gasteiger partial charge in [-0.2, -0.15) is 35.1 Å². The van der Waals surface area contributed by atoms with Crippen LogP contribution in [0.3, 0.4) is 0 Å². The van der Waals surface area contributed by atoms with Crippen molar-refractivity contribution in [3.05, 3.63) is 0 Å². The monoisotopic (exact) mass is 462 g/mol. The highest BCUT2D eigenvalue weighted by atomic mass is 19.4. The van der Waals surface area contributed by atoms with Gasteiger partial charge in [-0.3, -0.25) is 0 Å². The zero-order chi connectivity index (χ0) is 22.8. The highest BCUT2D eigenvalue weighted by Gasteiger charge is 2.80. The molecule has 2 aliphatic rings. The number of carbonyl (C=O) groups excluding carboxylic acids is 2. The molecule has 2 saturated heterocycles. The van der Waals surface area contributed by atoms with Gasteiger partial charge in [0.1, 0.15) is 26.4 Å². The lowest BCUT2D eigenvalue weighted by molar-refractivity contribution is -0.377. The van der Waals surface area contributed by atoms with E-state index in [1.165, 1.54) is 0 Å². The summed E-state index contributed by atoms with van der Waals surface area (Å²) in [6.45, 7) is -7.54. The molecule has 2 unspecified atom stereocenters. The molecule has 174 valence electrons. The first-order valence-electron chi connectivity index (χ1n) is 8.03. The third-order valence-corrected chi connectivity index (χ3v) is 3.79. The van der Waals surface area contributed by atoms with Crippen molar-refractivity contribution in [1.29, 1.82) is 0 Å². The largest absolute Gasteiger partial charge is 0.508 e. The number of cyclic esters (lactones) is 4. The predicted octanol–water partition coefficient (Wildman–Crippen LogP) is 2.63. The first kappa shape index (κ1) is 24.2. The number of ether oxygens (including phenoxy) is 6. The quantitative estimate of drug-likeness (QED) is 0.342. The SMILES string of the molecule is O=C1OCC(COCC(F)(F)C(F)(F)C(F)(F)C(F)(F)COCC2COC(=O)O2)O1. The molecule has 2 aliphatic heterocycles. The molecule has 8 nitrogen and oxygen atoms in total. The van der Waals surface area contributed by atoms with Crippen molar-refractivity contribution in [2.45, 2.75) is 35.9 Å². The molecule has 0 amide bonds. The summed E-state index contributed by atoms with van der Waals surface area (Å²) in [6, 6.07) is 0. The molecule has 2 fully saturated rings. The second kappa shape index (κ2) is 8.56. The summed E-state index contributed by atoms with van der Waals surface area (Å²) in [4.78, 5) is 21.2. The van der Waals surface area contributed by atoms with Crippen molar-refractivity contribution in [2.24, 2.45) is 0 Å². The summed E-state index contributed by atoms with van der Waals surface area (Å²) in [5.74, 6) is -24.6. The van der Waals surface area contributed by atoms with Crippen LogP contribution in [-0.4, -0.2) is 87.9 Å². The van der Waals surface area contributed by atoms with Gasteiger partial charge in [0.25, 0.3) is 0 Å². The number of hydrogen-bond acceptors (Lipinski definition) is 8. The standard InChI is InChI=1S/C14H14F8O8/c15-11(16,5-25-1-7-3-27-9(23)29-7)13(19,20)14(21,22)12(17,18)6-26-2-8-4-28-10(24)30-8/h7-8H,1-6H2. The molecule has 2 atom stereocenters. The lowest BCUT2D eigenvalue weighted by Gasteiger charge is -2.36. The minimum Gasteiger partial charge on any atom is -0.430 e. The van der Waals surface area contributed by atoms with E-state index in [0.717, 1.165) is 0 Å². The van der Waals surface area contributed by atoms with Crippen LogP contribution in [0, 0.1) is 0 Å². The Hall–Kier alpha value is -2.10. The molecule has 0 aromatic carbocycles. The lowest BCUT2D eigenvalue weighted by atomic mass is 9.99. The third-order valence-electron chi connectivity index (χ3n) is 3.79. The van der Waals surface area contributed by atoms with Crippen molar-refractivity contribution in [3.63, 3.8) is 0 Å². The molecular formula is C14H14F8O8. The predicted molar refractivity (Wildman–Crippen MR) is 73.9 cm³/mol. The molecule has 2 heterocycles. The number of carbonyl (C=O) groups is 2. The molecule has 0 bridgehead atoms. The van der Waals surface area contributed by atoms with Crippen LogP contribution in [0.5, 0.6) is 0 Å². The first-order chi connectivity index (χ1) is 13.7. The van der Waals surface area contributed by atoms with Gasteiger partial charge in [0, 0.05) is 0 Å². The van der Waals surface area contributed by atoms with E-state index >= 15 is 0 Å². The fraction of sp³-hybridized carbons (Fsp3) is 0.857. The van der Waals surface area contributed by atoms with Gasteiger partial charge in [0.2, 0.25) is 0 Å². The average molecular weight is 462 g/mol. The maximum absolute atomic E-state index is 13.7. The van der Waals surface area contributed by atoms with Crippen LogP contribution < -0.4 is 0 Å². The van der Waals surface area contributed by atoms with Crippen LogP contribution >= 0.6 is 0 Å². The zero-order valence-corrected chi connectivity index (χ0v) is 14.7. The molecule has 0 radical (unpaired) electrons. The van der Waals surface area contributed by atoms with Crippen LogP contribution in [0.1, 0.15) is 0 Å². The number of alkyl halides is 8. The van der Waals surface area contributed by atoms with Crippen molar-refractivity contribution in [3.8, 4) is 0 Å². The van der Waals surface area contributed by atoms with Gasteiger partial charge in [-0.1, -0.05) is 0 Å². The molecule has 2 rings (SSSR count). The van der Waals surface area contributed by atoms with Crippen molar-refractivity contribution in [2.75, 3.05) is 39.6 Å². The van der Waals surface area contributed by atoms with Gasteiger partial charge in [-0.05, 0) is 0 Å². The van der Waals surface area contributed by atoms with Crippen LogP contribution in [0.4, 0.5) is 44.7 Å². The number of halogens is 8. The molecule has 0 aromatic rings. The molecule has 0 spiro atoms. The highest BCUT2D eigenvalue weighted by Crippen LogP contribution is 2.52. The Kier molecular flexibility index (Phi) is 6.90. The van der Waals surface area contributed by atoms with Gasteiger partial charge in [-0.25, -0.2) is 9.59 Å². The first-order valence-corrected chi connectivity index (χ1v) is 8.03. The van der Waals surface area contributed by atoms with Crippen LogP contribution in [0.2, 0.25) is 0 Å². The summed E-state index contributed by atoms with van der Waals surface area (Å²) in [5.41, 5.74) is 0. The van der Waals surface area contributed by atoms with Gasteiger partial charge in [-0.15, -0.1) is 0 Å². The van der Waals surface area contributed by atoms with E-state index in [9.17, 15) is 44.7 Å². The molecule has 0 saturated carbocycles. The summed E-state index contributed by atoms with van der Waals surface area (Å²) in [7, 11) is 0. The Balaban J connectivity index is 1.93. The van der Waals surface area contributed by atoms with Crippen molar-refractivity contribution < 1.29 is 73.1 Å².